The Morgan fingerprint density at radius 3 is 2.45 bits per heavy atom. The molecule has 0 bridgehead atoms. The van der Waals surface area contributed by atoms with E-state index in [-0.39, 0.29) is 12.1 Å². The fourth-order valence-corrected chi connectivity index (χ4v) is 2.35. The lowest BCUT2D eigenvalue weighted by Crippen LogP contribution is -2.36. The first-order valence-corrected chi connectivity index (χ1v) is 8.64. The minimum atomic E-state index is -4.42. The van der Waals surface area contributed by atoms with Gasteiger partial charge in [-0.15, -0.1) is 0 Å². The van der Waals surface area contributed by atoms with E-state index in [0.29, 0.717) is 18.5 Å². The van der Waals surface area contributed by atoms with Gasteiger partial charge >= 0.3 is 18.2 Å². The van der Waals surface area contributed by atoms with Crippen molar-refractivity contribution in [3.63, 3.8) is 0 Å². The summed E-state index contributed by atoms with van der Waals surface area (Å²) in [5.74, 6) is 4.78. The summed E-state index contributed by atoms with van der Waals surface area (Å²) in [6, 6.07) is 11.1. The van der Waals surface area contributed by atoms with Crippen LogP contribution < -0.4 is 10.6 Å². The van der Waals surface area contributed by atoms with Crippen molar-refractivity contribution in [2.45, 2.75) is 12.6 Å². The van der Waals surface area contributed by atoms with Crippen LogP contribution in [0.3, 0.4) is 0 Å². The molecule has 152 valence electrons. The lowest BCUT2D eigenvalue weighted by molar-refractivity contribution is -0.137. The third-order valence-electron chi connectivity index (χ3n) is 3.83. The van der Waals surface area contributed by atoms with Crippen LogP contribution in [-0.4, -0.2) is 32.2 Å². The predicted octanol–water partition coefficient (Wildman–Crippen LogP) is 3.39. The first kappa shape index (κ1) is 21.8. The Balaban J connectivity index is 1.73. The van der Waals surface area contributed by atoms with Crippen molar-refractivity contribution in [2.24, 2.45) is 0 Å². The van der Waals surface area contributed by atoms with E-state index in [0.717, 1.165) is 17.7 Å². The number of carbonyl (C=O) groups excluding carboxylic acids is 2. The average Bonchev–Trinajstić information content (AvgIpc) is 2.71. The van der Waals surface area contributed by atoms with Gasteiger partial charge in [0.25, 0.3) is 0 Å². The molecule has 2 aromatic rings. The van der Waals surface area contributed by atoms with E-state index in [1.165, 1.54) is 19.2 Å². The van der Waals surface area contributed by atoms with Crippen LogP contribution >= 0.6 is 0 Å². The van der Waals surface area contributed by atoms with Crippen LogP contribution in [0.25, 0.3) is 0 Å². The zero-order valence-corrected chi connectivity index (χ0v) is 15.6. The number of alkyl halides is 3. The quantitative estimate of drug-likeness (QED) is 0.593. The van der Waals surface area contributed by atoms with Gasteiger partial charge in [0, 0.05) is 12.1 Å². The van der Waals surface area contributed by atoms with E-state index in [1.54, 1.807) is 24.3 Å². The molecule has 0 saturated heterocycles. The van der Waals surface area contributed by atoms with Gasteiger partial charge in [-0.05, 0) is 42.3 Å². The second kappa shape index (κ2) is 10.2. The van der Waals surface area contributed by atoms with Crippen LogP contribution in [0.4, 0.5) is 18.0 Å². The highest BCUT2D eigenvalue weighted by atomic mass is 19.4. The molecule has 0 spiro atoms. The summed E-state index contributed by atoms with van der Waals surface area (Å²) in [4.78, 5) is 23.1. The molecule has 2 rings (SSSR count). The molecular formula is C21H19F3N2O3. The number of carbonyl (C=O) groups is 2. The monoisotopic (exact) mass is 404 g/mol. The number of amides is 2. The number of methoxy groups -OCH3 is 1. The Morgan fingerprint density at radius 1 is 1.07 bits per heavy atom. The highest BCUT2D eigenvalue weighted by Gasteiger charge is 2.30. The van der Waals surface area contributed by atoms with Gasteiger partial charge in [-0.2, -0.15) is 13.2 Å². The Bertz CT molecular complexity index is 913. The van der Waals surface area contributed by atoms with Gasteiger partial charge in [0.2, 0.25) is 0 Å². The van der Waals surface area contributed by atoms with Gasteiger partial charge < -0.3 is 15.4 Å². The van der Waals surface area contributed by atoms with E-state index in [1.807, 2.05) is 0 Å². The van der Waals surface area contributed by atoms with Crippen LogP contribution in [0.5, 0.6) is 0 Å². The normalized spacial score (nSPS) is 10.5. The molecular weight excluding hydrogens is 385 g/mol. The molecule has 2 amide bonds. The van der Waals surface area contributed by atoms with Gasteiger partial charge in [-0.25, -0.2) is 9.59 Å². The van der Waals surface area contributed by atoms with E-state index < -0.39 is 23.7 Å². The van der Waals surface area contributed by atoms with Crippen molar-refractivity contribution in [2.75, 3.05) is 20.2 Å². The Labute approximate surface area is 166 Å². The highest BCUT2D eigenvalue weighted by Crippen LogP contribution is 2.29. The molecule has 29 heavy (non-hydrogen) atoms. The summed E-state index contributed by atoms with van der Waals surface area (Å²) in [6.07, 6.45) is -3.86. The Hall–Kier alpha value is -3.47. The fourth-order valence-electron chi connectivity index (χ4n) is 2.35. The fraction of sp³-hybridized carbons (Fsp3) is 0.238. The van der Waals surface area contributed by atoms with Crippen molar-refractivity contribution in [1.29, 1.82) is 0 Å². The largest absolute Gasteiger partial charge is 0.465 e. The van der Waals surface area contributed by atoms with Crippen LogP contribution in [0.1, 0.15) is 27.0 Å². The molecule has 2 aromatic carbocycles. The molecule has 5 nitrogen and oxygen atoms in total. The molecule has 0 aliphatic rings. The average molecular weight is 404 g/mol. The summed E-state index contributed by atoms with van der Waals surface area (Å²) < 4.78 is 42.5. The molecule has 0 aliphatic carbocycles. The van der Waals surface area contributed by atoms with Gasteiger partial charge in [-0.1, -0.05) is 30.0 Å². The highest BCUT2D eigenvalue weighted by molar-refractivity contribution is 5.89. The third-order valence-corrected chi connectivity index (χ3v) is 3.83. The Kier molecular flexibility index (Phi) is 7.66. The van der Waals surface area contributed by atoms with Gasteiger partial charge in [0.15, 0.2) is 0 Å². The minimum Gasteiger partial charge on any atom is -0.465 e. The SMILES string of the molecule is COC(=O)c1ccc(CCNC(=O)NCC#Cc2cccc(C(F)(F)F)c2)cc1. The zero-order chi connectivity index (χ0) is 21.3. The first-order chi connectivity index (χ1) is 13.8. The van der Waals surface area contributed by atoms with Crippen LogP contribution in [-0.2, 0) is 17.3 Å². The molecule has 0 fully saturated rings. The van der Waals surface area contributed by atoms with Crippen molar-refractivity contribution in [1.82, 2.24) is 10.6 Å². The summed E-state index contributed by atoms with van der Waals surface area (Å²) >= 11 is 0. The lowest BCUT2D eigenvalue weighted by Gasteiger charge is -2.06. The van der Waals surface area contributed by atoms with E-state index in [2.05, 4.69) is 27.2 Å². The predicted molar refractivity (Wildman–Crippen MR) is 101 cm³/mol. The number of nitrogens with one attached hydrogen (secondary N) is 2. The molecule has 8 heteroatoms. The molecule has 0 unspecified atom stereocenters. The Morgan fingerprint density at radius 2 is 1.79 bits per heavy atom. The standard InChI is InChI=1S/C21H19F3N2O3/c1-29-19(27)17-9-7-15(8-10-17)11-13-26-20(28)25-12-3-5-16-4-2-6-18(14-16)21(22,23)24/h2,4,6-10,14H,11-13H2,1H3,(H2,25,26,28). The van der Waals surface area contributed by atoms with Crippen LogP contribution in [0.2, 0.25) is 0 Å². The summed E-state index contributed by atoms with van der Waals surface area (Å²) in [6.45, 7) is 0.361. The smallest absolute Gasteiger partial charge is 0.416 e. The zero-order valence-electron chi connectivity index (χ0n) is 15.6. The summed E-state index contributed by atoms with van der Waals surface area (Å²) in [7, 11) is 1.31. The lowest BCUT2D eigenvalue weighted by atomic mass is 10.1. The maximum absolute atomic E-state index is 12.6. The second-order valence-electron chi connectivity index (χ2n) is 5.93. The van der Waals surface area contributed by atoms with E-state index >= 15 is 0 Å². The number of hydrogen-bond donors (Lipinski definition) is 2. The number of rotatable bonds is 5. The van der Waals surface area contributed by atoms with Crippen molar-refractivity contribution in [3.8, 4) is 11.8 Å². The minimum absolute atomic E-state index is 0.00406. The molecule has 0 aromatic heterocycles. The molecule has 0 atom stereocenters. The third kappa shape index (κ3) is 7.22. The summed E-state index contributed by atoms with van der Waals surface area (Å²) in [5, 5.41) is 5.16. The molecule has 0 radical (unpaired) electrons. The van der Waals surface area contributed by atoms with Crippen molar-refractivity contribution < 1.29 is 27.5 Å². The molecule has 2 N–H and O–H groups in total. The van der Waals surface area contributed by atoms with E-state index in [9.17, 15) is 22.8 Å². The second-order valence-corrected chi connectivity index (χ2v) is 5.93. The summed E-state index contributed by atoms with van der Waals surface area (Å²) in [5.41, 5.74) is 0.829. The van der Waals surface area contributed by atoms with Crippen molar-refractivity contribution >= 4 is 12.0 Å². The maximum Gasteiger partial charge on any atom is 0.416 e. The van der Waals surface area contributed by atoms with E-state index in [4.69, 9.17) is 0 Å². The molecule has 0 saturated carbocycles. The van der Waals surface area contributed by atoms with Crippen LogP contribution in [0.15, 0.2) is 48.5 Å². The van der Waals surface area contributed by atoms with Gasteiger partial charge in [0.1, 0.15) is 0 Å². The topological polar surface area (TPSA) is 67.4 Å². The molecule has 0 aliphatic heterocycles. The maximum atomic E-state index is 12.6. The number of urea groups is 1. The van der Waals surface area contributed by atoms with Gasteiger partial charge in [0.05, 0.1) is 24.8 Å². The van der Waals surface area contributed by atoms with Crippen molar-refractivity contribution in [3.05, 3.63) is 70.8 Å². The number of esters is 1. The number of halogens is 3. The van der Waals surface area contributed by atoms with Crippen LogP contribution in [0, 0.1) is 11.8 Å². The number of ether oxygens (including phenoxy) is 1. The number of benzene rings is 2. The number of hydrogen-bond acceptors (Lipinski definition) is 3. The van der Waals surface area contributed by atoms with Gasteiger partial charge in [-0.3, -0.25) is 0 Å². The first-order valence-electron chi connectivity index (χ1n) is 8.64. The molecule has 0 heterocycles.